The Labute approximate surface area is 245 Å². The number of phenols is 1. The largest absolute Gasteiger partial charge is 0.508 e. The Balaban J connectivity index is 1.21. The first-order chi connectivity index (χ1) is 20.4. The lowest BCUT2D eigenvalue weighted by atomic mass is 9.88. The predicted octanol–water partition coefficient (Wildman–Crippen LogP) is 6.94. The molecule has 212 valence electrons. The third-order valence-corrected chi connectivity index (χ3v) is 7.95. The summed E-state index contributed by atoms with van der Waals surface area (Å²) in [5, 5.41) is 9.83. The summed E-state index contributed by atoms with van der Waals surface area (Å²) < 4.78 is 20.1. The van der Waals surface area contributed by atoms with E-state index >= 15 is 0 Å². The topological polar surface area (TPSA) is 53.0 Å². The highest BCUT2D eigenvalue weighted by Gasteiger charge is 2.22. The first kappa shape index (κ1) is 27.3. The smallest absolute Gasteiger partial charge is 0.246 e. The van der Waals surface area contributed by atoms with Crippen LogP contribution >= 0.6 is 0 Å². The number of aryl methyl sites for hydroxylation is 1. The molecule has 0 aliphatic carbocycles. The maximum Gasteiger partial charge on any atom is 0.246 e. The van der Waals surface area contributed by atoms with Gasteiger partial charge in [-0.3, -0.25) is 4.79 Å². The molecular weight excluding hydrogens is 527 g/mol. The zero-order valence-corrected chi connectivity index (χ0v) is 23.6. The first-order valence-corrected chi connectivity index (χ1v) is 14.3. The number of carbonyl (C=O) groups is 1. The van der Waals surface area contributed by atoms with Crippen LogP contribution in [0.15, 0.2) is 97.1 Å². The monoisotopic (exact) mass is 560 g/mol. The summed E-state index contributed by atoms with van der Waals surface area (Å²) in [7, 11) is 0. The fourth-order valence-corrected chi connectivity index (χ4v) is 5.63. The number of amides is 1. The molecule has 42 heavy (non-hydrogen) atoms. The van der Waals surface area contributed by atoms with Gasteiger partial charge in [0.05, 0.1) is 6.61 Å². The van der Waals surface area contributed by atoms with Crippen LogP contribution in [-0.4, -0.2) is 48.7 Å². The molecule has 6 heteroatoms. The van der Waals surface area contributed by atoms with Gasteiger partial charge in [0.25, 0.3) is 0 Å². The van der Waals surface area contributed by atoms with Crippen molar-refractivity contribution >= 4 is 28.8 Å². The maximum absolute atomic E-state index is 14.1. The van der Waals surface area contributed by atoms with Gasteiger partial charge in [0.15, 0.2) is 0 Å². The Bertz CT molecular complexity index is 1630. The second-order valence-corrected chi connectivity index (χ2v) is 10.7. The van der Waals surface area contributed by atoms with Crippen LogP contribution in [0.3, 0.4) is 0 Å². The van der Waals surface area contributed by atoms with Crippen molar-refractivity contribution in [2.45, 2.75) is 13.3 Å². The van der Waals surface area contributed by atoms with Crippen molar-refractivity contribution in [3.63, 3.8) is 0 Å². The molecule has 0 radical (unpaired) electrons. The molecule has 0 atom stereocenters. The van der Waals surface area contributed by atoms with E-state index in [1.165, 1.54) is 23.4 Å². The summed E-state index contributed by atoms with van der Waals surface area (Å²) in [6, 6.07) is 28.3. The summed E-state index contributed by atoms with van der Waals surface area (Å²) in [5.74, 6) is 0.377. The number of piperazine rings is 1. The quantitative estimate of drug-likeness (QED) is 0.269. The molecule has 4 aromatic rings. The van der Waals surface area contributed by atoms with Crippen LogP contribution in [0.2, 0.25) is 0 Å². The van der Waals surface area contributed by atoms with Gasteiger partial charge in [0, 0.05) is 56.0 Å². The molecule has 1 fully saturated rings. The Hall–Kier alpha value is -4.84. The molecule has 2 aliphatic heterocycles. The fourth-order valence-electron chi connectivity index (χ4n) is 5.63. The molecule has 0 saturated carbocycles. The van der Waals surface area contributed by atoms with E-state index in [-0.39, 0.29) is 17.5 Å². The molecule has 1 saturated heterocycles. The molecule has 2 heterocycles. The minimum atomic E-state index is -0.345. The second kappa shape index (κ2) is 12.0. The van der Waals surface area contributed by atoms with E-state index in [0.717, 1.165) is 46.5 Å². The molecule has 1 amide bonds. The van der Waals surface area contributed by atoms with E-state index in [9.17, 15) is 14.3 Å². The number of aromatic hydroxyl groups is 1. The lowest BCUT2D eigenvalue weighted by Gasteiger charge is -2.35. The number of phenolic OH excluding ortho intramolecular Hbond substituents is 1. The second-order valence-electron chi connectivity index (χ2n) is 10.7. The number of nitrogens with zero attached hydrogens (tertiary/aromatic N) is 2. The average Bonchev–Trinajstić information content (AvgIpc) is 3.20. The highest BCUT2D eigenvalue weighted by atomic mass is 19.1. The van der Waals surface area contributed by atoms with Crippen molar-refractivity contribution in [3.05, 3.63) is 131 Å². The number of hydrogen-bond donors (Lipinski definition) is 1. The lowest BCUT2D eigenvalue weighted by Crippen LogP contribution is -2.48. The van der Waals surface area contributed by atoms with Crippen LogP contribution in [0, 0.1) is 12.7 Å². The molecule has 0 aromatic heterocycles. The van der Waals surface area contributed by atoms with Crippen LogP contribution in [0.25, 0.3) is 17.2 Å². The summed E-state index contributed by atoms with van der Waals surface area (Å²) in [4.78, 5) is 17.2. The molecule has 4 aromatic carbocycles. The van der Waals surface area contributed by atoms with E-state index in [2.05, 4.69) is 36.1 Å². The Morgan fingerprint density at radius 1 is 0.857 bits per heavy atom. The number of rotatable bonds is 5. The summed E-state index contributed by atoms with van der Waals surface area (Å²) in [6.45, 7) is 5.49. The van der Waals surface area contributed by atoms with Gasteiger partial charge < -0.3 is 19.6 Å². The standard InChI is InChI=1S/C36H33FN2O3/c1-25-2-12-30(13-3-25)38-19-21-39(22-20-38)35(41)17-6-26-4-7-28(8-5-26)36-32(27-9-14-31(40)15-10-27)18-23-42-34-24-29(37)11-16-33(34)36/h2-17,24,40H,18-23H2,1H3/b17-6+. The van der Waals surface area contributed by atoms with Gasteiger partial charge in [-0.15, -0.1) is 0 Å². The highest BCUT2D eigenvalue weighted by molar-refractivity contribution is 6.00. The third-order valence-electron chi connectivity index (χ3n) is 7.95. The van der Waals surface area contributed by atoms with E-state index in [1.54, 1.807) is 24.3 Å². The van der Waals surface area contributed by atoms with Crippen LogP contribution in [0.4, 0.5) is 10.1 Å². The van der Waals surface area contributed by atoms with Crippen molar-refractivity contribution in [2.24, 2.45) is 0 Å². The van der Waals surface area contributed by atoms with E-state index in [1.807, 2.05) is 47.4 Å². The van der Waals surface area contributed by atoms with Crippen molar-refractivity contribution in [3.8, 4) is 11.5 Å². The van der Waals surface area contributed by atoms with Crippen LogP contribution < -0.4 is 9.64 Å². The SMILES string of the molecule is Cc1ccc(N2CCN(C(=O)/C=C/c3ccc(C4=C(c5ccc(O)cc5)CCOc5cc(F)ccc54)cc3)CC2)cc1. The summed E-state index contributed by atoms with van der Waals surface area (Å²) >= 11 is 0. The maximum atomic E-state index is 14.1. The van der Waals surface area contributed by atoms with Crippen molar-refractivity contribution in [2.75, 3.05) is 37.7 Å². The third kappa shape index (κ3) is 5.93. The van der Waals surface area contributed by atoms with Crippen LogP contribution in [0.5, 0.6) is 11.5 Å². The predicted molar refractivity (Wildman–Crippen MR) is 166 cm³/mol. The molecule has 6 rings (SSSR count). The lowest BCUT2D eigenvalue weighted by molar-refractivity contribution is -0.126. The molecule has 1 N–H and O–H groups in total. The molecule has 0 spiro atoms. The zero-order valence-electron chi connectivity index (χ0n) is 23.6. The van der Waals surface area contributed by atoms with E-state index < -0.39 is 0 Å². The highest BCUT2D eigenvalue weighted by Crippen LogP contribution is 2.41. The number of hydrogen-bond acceptors (Lipinski definition) is 4. The number of anilines is 1. The molecular formula is C36H33FN2O3. The normalized spacial score (nSPS) is 15.4. The van der Waals surface area contributed by atoms with E-state index in [4.69, 9.17) is 4.74 Å². The summed E-state index contributed by atoms with van der Waals surface area (Å²) in [6.07, 6.45) is 4.13. The fraction of sp³-hybridized carbons (Fsp3) is 0.194. The van der Waals surface area contributed by atoms with Crippen molar-refractivity contribution < 1.29 is 19.0 Å². The number of carbonyl (C=O) groups excluding carboxylic acids is 1. The van der Waals surface area contributed by atoms with E-state index in [0.29, 0.717) is 31.9 Å². The van der Waals surface area contributed by atoms with Crippen LogP contribution in [0.1, 0.15) is 34.2 Å². The molecule has 2 aliphatic rings. The van der Waals surface area contributed by atoms with Gasteiger partial charge in [-0.1, -0.05) is 54.1 Å². The number of benzene rings is 4. The van der Waals surface area contributed by atoms with Crippen molar-refractivity contribution in [1.82, 2.24) is 4.90 Å². The number of halogens is 1. The first-order valence-electron chi connectivity index (χ1n) is 14.3. The zero-order chi connectivity index (χ0) is 29.1. The van der Waals surface area contributed by atoms with Gasteiger partial charge in [0.2, 0.25) is 5.91 Å². The minimum absolute atomic E-state index is 0.0110. The van der Waals surface area contributed by atoms with Gasteiger partial charge in [-0.05, 0) is 77.2 Å². The molecule has 0 bridgehead atoms. The van der Waals surface area contributed by atoms with Crippen LogP contribution in [-0.2, 0) is 4.79 Å². The minimum Gasteiger partial charge on any atom is -0.508 e. The van der Waals surface area contributed by atoms with Gasteiger partial charge in [-0.2, -0.15) is 0 Å². The van der Waals surface area contributed by atoms with Crippen molar-refractivity contribution in [1.29, 1.82) is 0 Å². The summed E-state index contributed by atoms with van der Waals surface area (Å²) in [5.41, 5.74) is 8.13. The molecule has 5 nitrogen and oxygen atoms in total. The Morgan fingerprint density at radius 3 is 2.26 bits per heavy atom. The Kier molecular flexibility index (Phi) is 7.78. The average molecular weight is 561 g/mol. The number of ether oxygens (including phenoxy) is 1. The number of fused-ring (bicyclic) bond motifs is 1. The van der Waals surface area contributed by atoms with Gasteiger partial charge in [-0.25, -0.2) is 4.39 Å². The molecule has 0 unspecified atom stereocenters. The Morgan fingerprint density at radius 2 is 1.55 bits per heavy atom. The van der Waals surface area contributed by atoms with Gasteiger partial charge >= 0.3 is 0 Å². The van der Waals surface area contributed by atoms with Gasteiger partial charge in [0.1, 0.15) is 17.3 Å².